The summed E-state index contributed by atoms with van der Waals surface area (Å²) >= 11 is 0. The standard InChI is InChI=1S/C10H20NO3.2C5H8O2.ClH/c1-8(2)10(13)14-7-9(12)6-11(3,4)5;1-4(2)5(6)7-3;1-3-5(6)7-4-2;/h9,12H,1,6-7H2,2-5H3;1H2,2-3H3;3H,1,4H2,2H3;1H/q+1;;;/p-1. The summed E-state index contributed by atoms with van der Waals surface area (Å²) in [5.41, 5.74) is 0.782. The Labute approximate surface area is 180 Å². The predicted octanol–water partition coefficient (Wildman–Crippen LogP) is -1.35. The van der Waals surface area contributed by atoms with E-state index < -0.39 is 12.1 Å². The van der Waals surface area contributed by atoms with Gasteiger partial charge < -0.3 is 36.2 Å². The van der Waals surface area contributed by atoms with E-state index in [9.17, 15) is 19.5 Å². The van der Waals surface area contributed by atoms with E-state index in [1.54, 1.807) is 20.8 Å². The number of carbonyl (C=O) groups excluding carboxylic acids is 3. The lowest BCUT2D eigenvalue weighted by Crippen LogP contribution is -3.00. The molecule has 0 aliphatic rings. The molecule has 8 nitrogen and oxygen atoms in total. The summed E-state index contributed by atoms with van der Waals surface area (Å²) in [5, 5.41) is 9.49. The van der Waals surface area contributed by atoms with Crippen molar-refractivity contribution in [3.63, 3.8) is 0 Å². The van der Waals surface area contributed by atoms with Crippen LogP contribution < -0.4 is 12.4 Å². The number of hydrogen-bond acceptors (Lipinski definition) is 7. The van der Waals surface area contributed by atoms with Crippen molar-refractivity contribution >= 4 is 17.9 Å². The highest BCUT2D eigenvalue weighted by molar-refractivity contribution is 5.87. The number of esters is 3. The molecule has 0 aromatic rings. The minimum Gasteiger partial charge on any atom is -1.00 e. The second-order valence-electron chi connectivity index (χ2n) is 6.73. The number of aliphatic hydroxyl groups is 1. The minimum absolute atomic E-state index is 0. The van der Waals surface area contributed by atoms with Crippen LogP contribution in [0.1, 0.15) is 20.8 Å². The predicted molar refractivity (Wildman–Crippen MR) is 108 cm³/mol. The highest BCUT2D eigenvalue weighted by Gasteiger charge is 2.17. The van der Waals surface area contributed by atoms with E-state index in [2.05, 4.69) is 29.2 Å². The summed E-state index contributed by atoms with van der Waals surface area (Å²) in [6, 6.07) is 0. The van der Waals surface area contributed by atoms with Crippen molar-refractivity contribution in [1.29, 1.82) is 0 Å². The smallest absolute Gasteiger partial charge is 0.333 e. The SMILES string of the molecule is C=C(C)C(=O)OC.C=C(C)C(=O)OCC(O)C[N+](C)(C)C.C=CC(=O)OCC.[Cl-]. The Bertz CT molecular complexity index is 537. The van der Waals surface area contributed by atoms with E-state index in [0.717, 1.165) is 6.08 Å². The molecule has 0 aliphatic carbocycles. The summed E-state index contributed by atoms with van der Waals surface area (Å²) in [5.74, 6) is -1.16. The molecule has 0 saturated carbocycles. The number of carbonyl (C=O) groups is 3. The van der Waals surface area contributed by atoms with Gasteiger partial charge >= 0.3 is 17.9 Å². The van der Waals surface area contributed by atoms with Gasteiger partial charge in [0.2, 0.25) is 0 Å². The maximum absolute atomic E-state index is 11.0. The van der Waals surface area contributed by atoms with Crippen molar-refractivity contribution in [3.8, 4) is 0 Å². The van der Waals surface area contributed by atoms with Gasteiger partial charge in [0.05, 0.1) is 34.9 Å². The van der Waals surface area contributed by atoms with Crippen LogP contribution in [0.2, 0.25) is 0 Å². The van der Waals surface area contributed by atoms with E-state index in [0.29, 0.717) is 28.8 Å². The Hall–Kier alpha value is -2.16. The van der Waals surface area contributed by atoms with Crippen molar-refractivity contribution in [2.24, 2.45) is 0 Å². The van der Waals surface area contributed by atoms with Gasteiger partial charge in [-0.2, -0.15) is 0 Å². The number of likely N-dealkylation sites (N-methyl/N-ethyl adjacent to an activating group) is 1. The molecule has 1 N–H and O–H groups in total. The van der Waals surface area contributed by atoms with E-state index in [1.807, 2.05) is 21.1 Å². The lowest BCUT2D eigenvalue weighted by atomic mass is 10.3. The molecule has 1 atom stereocenters. The molecule has 1 unspecified atom stereocenters. The molecular formula is C20H36ClNO7. The third-order valence-corrected chi connectivity index (χ3v) is 2.50. The molecule has 0 aromatic heterocycles. The van der Waals surface area contributed by atoms with Gasteiger partial charge in [-0.3, -0.25) is 0 Å². The maximum Gasteiger partial charge on any atom is 0.333 e. The molecule has 0 saturated heterocycles. The Morgan fingerprint density at radius 1 is 1.03 bits per heavy atom. The third kappa shape index (κ3) is 28.2. The number of ether oxygens (including phenoxy) is 3. The van der Waals surface area contributed by atoms with Crippen LogP contribution in [0.4, 0.5) is 0 Å². The zero-order valence-electron chi connectivity index (χ0n) is 18.6. The molecule has 0 aliphatic heterocycles. The maximum atomic E-state index is 11.0. The second-order valence-corrected chi connectivity index (χ2v) is 6.73. The quantitative estimate of drug-likeness (QED) is 0.217. The topological polar surface area (TPSA) is 99.1 Å². The first-order chi connectivity index (χ1) is 12.7. The van der Waals surface area contributed by atoms with Crippen LogP contribution in [0.15, 0.2) is 37.0 Å². The largest absolute Gasteiger partial charge is 1.00 e. The van der Waals surface area contributed by atoms with Crippen LogP contribution >= 0.6 is 0 Å². The average Bonchev–Trinajstić information content (AvgIpc) is 2.58. The van der Waals surface area contributed by atoms with Crippen molar-refractivity contribution < 1.29 is 50.6 Å². The van der Waals surface area contributed by atoms with Crippen LogP contribution in [-0.4, -0.2) is 81.6 Å². The molecule has 0 bridgehead atoms. The van der Waals surface area contributed by atoms with Crippen LogP contribution in [-0.2, 0) is 28.6 Å². The van der Waals surface area contributed by atoms with Gasteiger partial charge in [-0.05, 0) is 20.8 Å². The van der Waals surface area contributed by atoms with Crippen molar-refractivity contribution in [3.05, 3.63) is 37.0 Å². The second kappa shape index (κ2) is 19.2. The first-order valence-corrected chi connectivity index (χ1v) is 8.55. The van der Waals surface area contributed by atoms with Crippen LogP contribution in [0.3, 0.4) is 0 Å². The van der Waals surface area contributed by atoms with Crippen molar-refractivity contribution in [1.82, 2.24) is 0 Å². The third-order valence-electron chi connectivity index (χ3n) is 2.50. The van der Waals surface area contributed by atoms with E-state index >= 15 is 0 Å². The summed E-state index contributed by atoms with van der Waals surface area (Å²) in [4.78, 5) is 31.2. The Kier molecular flexibility index (Phi) is 22.7. The number of rotatable bonds is 8. The van der Waals surface area contributed by atoms with Gasteiger partial charge in [0, 0.05) is 17.2 Å². The van der Waals surface area contributed by atoms with E-state index in [4.69, 9.17) is 4.74 Å². The molecule has 9 heteroatoms. The summed E-state index contributed by atoms with van der Waals surface area (Å²) in [6.45, 7) is 15.9. The molecule has 0 heterocycles. The Morgan fingerprint density at radius 2 is 1.48 bits per heavy atom. The van der Waals surface area contributed by atoms with Gasteiger partial charge in [-0.25, -0.2) is 14.4 Å². The highest BCUT2D eigenvalue weighted by Crippen LogP contribution is 1.98. The first-order valence-electron chi connectivity index (χ1n) is 8.55. The first kappa shape index (κ1) is 34.4. The Balaban J connectivity index is -0.000000177. The number of halogens is 1. The molecule has 0 spiro atoms. The fourth-order valence-corrected chi connectivity index (χ4v) is 1.36. The molecule has 0 rings (SSSR count). The molecule has 0 aromatic carbocycles. The number of quaternary nitrogens is 1. The van der Waals surface area contributed by atoms with Gasteiger partial charge in [-0.1, -0.05) is 19.7 Å². The lowest BCUT2D eigenvalue weighted by molar-refractivity contribution is -0.873. The number of methoxy groups -OCH3 is 1. The molecule has 0 radical (unpaired) electrons. The average molecular weight is 438 g/mol. The van der Waals surface area contributed by atoms with Gasteiger partial charge in [-0.15, -0.1) is 0 Å². The van der Waals surface area contributed by atoms with E-state index in [-0.39, 0.29) is 31.0 Å². The number of aliphatic hydroxyl groups excluding tert-OH is 1. The molecule has 0 fully saturated rings. The monoisotopic (exact) mass is 437 g/mol. The summed E-state index contributed by atoms with van der Waals surface area (Å²) < 4.78 is 14.2. The van der Waals surface area contributed by atoms with Gasteiger partial charge in [0.1, 0.15) is 19.3 Å². The zero-order chi connectivity index (χ0) is 22.9. The van der Waals surface area contributed by atoms with Gasteiger partial charge in [0.25, 0.3) is 0 Å². The van der Waals surface area contributed by atoms with Crippen molar-refractivity contribution in [2.75, 3.05) is 48.0 Å². The Morgan fingerprint density at radius 3 is 1.69 bits per heavy atom. The van der Waals surface area contributed by atoms with Crippen LogP contribution in [0.5, 0.6) is 0 Å². The molecular weight excluding hydrogens is 402 g/mol. The van der Waals surface area contributed by atoms with Crippen LogP contribution in [0, 0.1) is 0 Å². The molecule has 170 valence electrons. The zero-order valence-corrected chi connectivity index (χ0v) is 19.4. The highest BCUT2D eigenvalue weighted by atomic mass is 35.5. The lowest BCUT2D eigenvalue weighted by Gasteiger charge is -2.26. The normalized spacial score (nSPS) is 10.2. The number of nitrogens with zero attached hydrogens (tertiary/aromatic N) is 1. The molecule has 29 heavy (non-hydrogen) atoms. The molecule has 0 amide bonds. The van der Waals surface area contributed by atoms with Gasteiger partial charge in [0.15, 0.2) is 0 Å². The fourth-order valence-electron chi connectivity index (χ4n) is 1.36. The van der Waals surface area contributed by atoms with Crippen LogP contribution in [0.25, 0.3) is 0 Å². The van der Waals surface area contributed by atoms with E-state index in [1.165, 1.54) is 7.11 Å². The summed E-state index contributed by atoms with van der Waals surface area (Å²) in [6.07, 6.45) is 0.516. The number of hydrogen-bond donors (Lipinski definition) is 1. The fraction of sp³-hybridized carbons (Fsp3) is 0.550. The summed E-state index contributed by atoms with van der Waals surface area (Å²) in [7, 11) is 7.22. The van der Waals surface area contributed by atoms with Crippen molar-refractivity contribution in [2.45, 2.75) is 26.9 Å². The minimum atomic E-state index is -0.627.